The lowest BCUT2D eigenvalue weighted by atomic mass is 10.1. The molecule has 2 aromatic carbocycles. The third kappa shape index (κ3) is 5.03. The van der Waals surface area contributed by atoms with Gasteiger partial charge in [0.15, 0.2) is 11.5 Å². The first-order valence-corrected chi connectivity index (χ1v) is 10.8. The van der Waals surface area contributed by atoms with Gasteiger partial charge in [-0.2, -0.15) is 4.98 Å². The maximum atomic E-state index is 6.17. The van der Waals surface area contributed by atoms with E-state index in [2.05, 4.69) is 58.3 Å². The Balaban J connectivity index is 1.42. The maximum absolute atomic E-state index is 6.17. The summed E-state index contributed by atoms with van der Waals surface area (Å²) in [4.78, 5) is 11.4. The van der Waals surface area contributed by atoms with E-state index in [-0.39, 0.29) is 12.2 Å². The number of fused-ring (bicyclic) bond motifs is 1. The molecule has 32 heavy (non-hydrogen) atoms. The van der Waals surface area contributed by atoms with Gasteiger partial charge in [-0.3, -0.25) is 4.90 Å². The third-order valence-electron chi connectivity index (χ3n) is 5.61. The molecule has 2 heterocycles. The van der Waals surface area contributed by atoms with Gasteiger partial charge in [-0.05, 0) is 31.0 Å². The molecule has 1 aromatic heterocycles. The molecule has 170 valence electrons. The number of anilines is 2. The number of benzene rings is 2. The molecule has 1 saturated heterocycles. The second-order valence-corrected chi connectivity index (χ2v) is 8.28. The van der Waals surface area contributed by atoms with Crippen molar-refractivity contribution in [2.24, 2.45) is 0 Å². The van der Waals surface area contributed by atoms with Gasteiger partial charge in [0.1, 0.15) is 5.82 Å². The van der Waals surface area contributed by atoms with E-state index in [0.29, 0.717) is 35.3 Å². The van der Waals surface area contributed by atoms with E-state index < -0.39 is 0 Å². The van der Waals surface area contributed by atoms with Gasteiger partial charge in [0, 0.05) is 37.6 Å². The number of morpholine rings is 1. The highest BCUT2D eigenvalue weighted by Crippen LogP contribution is 2.33. The molecule has 3 aromatic rings. The number of nitrogens with one attached hydrogen (secondary N) is 1. The minimum Gasteiger partial charge on any atom is -0.493 e. The lowest BCUT2D eigenvalue weighted by Crippen LogP contribution is -2.44. The van der Waals surface area contributed by atoms with Crippen molar-refractivity contribution in [1.82, 2.24) is 14.9 Å². The molecule has 1 aliphatic rings. The zero-order valence-corrected chi connectivity index (χ0v) is 19.1. The molecule has 1 fully saturated rings. The molecule has 8 nitrogen and oxygen atoms in total. The number of methoxy groups -OCH3 is 2. The second-order valence-electron chi connectivity index (χ2n) is 8.28. The molecule has 0 radical (unpaired) electrons. The quantitative estimate of drug-likeness (QED) is 0.580. The number of nitrogens with two attached hydrogens (primary N) is 1. The molecular formula is C24H31N5O3. The van der Waals surface area contributed by atoms with E-state index in [4.69, 9.17) is 19.9 Å². The first-order chi connectivity index (χ1) is 15.4. The number of aromatic nitrogens is 2. The number of nitrogens with zero attached hydrogens (tertiary/aromatic N) is 3. The highest BCUT2D eigenvalue weighted by atomic mass is 16.5. The first kappa shape index (κ1) is 22.1. The number of hydrogen-bond acceptors (Lipinski definition) is 8. The van der Waals surface area contributed by atoms with Crippen LogP contribution in [0.4, 0.5) is 11.8 Å². The zero-order valence-electron chi connectivity index (χ0n) is 19.1. The molecule has 2 atom stereocenters. The van der Waals surface area contributed by atoms with Crippen LogP contribution in [0.5, 0.6) is 11.5 Å². The van der Waals surface area contributed by atoms with Crippen molar-refractivity contribution in [3.63, 3.8) is 0 Å². The summed E-state index contributed by atoms with van der Waals surface area (Å²) >= 11 is 0. The Morgan fingerprint density at radius 3 is 2.28 bits per heavy atom. The van der Waals surface area contributed by atoms with E-state index in [1.165, 1.54) is 5.56 Å². The minimum absolute atomic E-state index is 0.276. The smallest absolute Gasteiger partial charge is 0.225 e. The molecule has 0 spiro atoms. The number of nitrogen functional groups attached to an aromatic ring is 1. The van der Waals surface area contributed by atoms with E-state index in [9.17, 15) is 0 Å². The Morgan fingerprint density at radius 1 is 1.00 bits per heavy atom. The van der Waals surface area contributed by atoms with Gasteiger partial charge in [-0.15, -0.1) is 0 Å². The second kappa shape index (κ2) is 9.58. The zero-order chi connectivity index (χ0) is 22.7. The van der Waals surface area contributed by atoms with E-state index in [1.807, 2.05) is 0 Å². The van der Waals surface area contributed by atoms with Crippen LogP contribution in [0.15, 0.2) is 36.4 Å². The molecular weight excluding hydrogens is 406 g/mol. The normalized spacial score (nSPS) is 19.1. The van der Waals surface area contributed by atoms with Crippen LogP contribution in [0.25, 0.3) is 10.9 Å². The van der Waals surface area contributed by atoms with Crippen LogP contribution in [0.3, 0.4) is 0 Å². The van der Waals surface area contributed by atoms with Crippen LogP contribution < -0.4 is 20.5 Å². The number of ether oxygens (including phenoxy) is 3. The van der Waals surface area contributed by atoms with Gasteiger partial charge >= 0.3 is 0 Å². The lowest BCUT2D eigenvalue weighted by molar-refractivity contribution is -0.0704. The predicted molar refractivity (Wildman–Crippen MR) is 126 cm³/mol. The molecule has 0 bridgehead atoms. The highest BCUT2D eigenvalue weighted by molar-refractivity contribution is 5.91. The summed E-state index contributed by atoms with van der Waals surface area (Å²) in [7, 11) is 3.18. The highest BCUT2D eigenvalue weighted by Gasteiger charge is 2.22. The van der Waals surface area contributed by atoms with Crippen molar-refractivity contribution < 1.29 is 14.2 Å². The summed E-state index contributed by atoms with van der Waals surface area (Å²) in [6.45, 7) is 7.72. The van der Waals surface area contributed by atoms with Crippen molar-refractivity contribution in [3.8, 4) is 11.5 Å². The fourth-order valence-corrected chi connectivity index (χ4v) is 4.17. The van der Waals surface area contributed by atoms with Crippen LogP contribution >= 0.6 is 0 Å². The molecule has 1 aliphatic heterocycles. The Kier molecular flexibility index (Phi) is 6.62. The Morgan fingerprint density at radius 2 is 1.62 bits per heavy atom. The summed E-state index contributed by atoms with van der Waals surface area (Å²) in [6, 6.07) is 12.2. The van der Waals surface area contributed by atoms with Crippen molar-refractivity contribution in [1.29, 1.82) is 0 Å². The minimum atomic E-state index is 0.276. The Labute approximate surface area is 188 Å². The van der Waals surface area contributed by atoms with Gasteiger partial charge in [0.2, 0.25) is 5.95 Å². The van der Waals surface area contributed by atoms with Crippen molar-refractivity contribution >= 4 is 22.7 Å². The van der Waals surface area contributed by atoms with Crippen LogP contribution in [-0.2, 0) is 17.8 Å². The van der Waals surface area contributed by atoms with Crippen molar-refractivity contribution in [2.75, 3.05) is 38.4 Å². The average molecular weight is 438 g/mol. The van der Waals surface area contributed by atoms with Gasteiger partial charge in [0.25, 0.3) is 0 Å². The fraction of sp³-hybridized carbons (Fsp3) is 0.417. The average Bonchev–Trinajstić information content (AvgIpc) is 2.77. The molecule has 3 N–H and O–H groups in total. The van der Waals surface area contributed by atoms with Gasteiger partial charge in [-0.25, -0.2) is 4.98 Å². The van der Waals surface area contributed by atoms with E-state index in [1.54, 1.807) is 26.4 Å². The molecule has 0 amide bonds. The topological polar surface area (TPSA) is 94.8 Å². The molecule has 8 heteroatoms. The standard InChI is InChI=1S/C24H31N5O3/c1-15-12-29(13-16(2)32-15)14-18-7-5-17(6-8-18)11-26-24-27-20-10-22(31-4)21(30-3)9-19(20)23(25)28-24/h5-10,15-16H,11-14H2,1-4H3,(H3,25,26,27,28). The predicted octanol–water partition coefficient (Wildman–Crippen LogP) is 3.45. The van der Waals surface area contributed by atoms with Gasteiger partial charge < -0.3 is 25.3 Å². The maximum Gasteiger partial charge on any atom is 0.225 e. The molecule has 0 aliphatic carbocycles. The SMILES string of the molecule is COc1cc2nc(NCc3ccc(CN4CC(C)OC(C)C4)cc3)nc(N)c2cc1OC. The fourth-order valence-electron chi connectivity index (χ4n) is 4.17. The summed E-state index contributed by atoms with van der Waals surface area (Å²) < 4.78 is 16.5. The van der Waals surface area contributed by atoms with Crippen LogP contribution in [0.2, 0.25) is 0 Å². The van der Waals surface area contributed by atoms with Crippen molar-refractivity contribution in [3.05, 3.63) is 47.5 Å². The summed E-state index contributed by atoms with van der Waals surface area (Å²) in [5, 5.41) is 4.00. The van der Waals surface area contributed by atoms with Crippen LogP contribution in [0.1, 0.15) is 25.0 Å². The Bertz CT molecular complexity index is 1060. The molecule has 4 rings (SSSR count). The Hall–Kier alpha value is -3.10. The van der Waals surface area contributed by atoms with Crippen LogP contribution in [-0.4, -0.2) is 54.4 Å². The van der Waals surface area contributed by atoms with Gasteiger partial charge in [-0.1, -0.05) is 24.3 Å². The lowest BCUT2D eigenvalue weighted by Gasteiger charge is -2.35. The monoisotopic (exact) mass is 437 g/mol. The first-order valence-electron chi connectivity index (χ1n) is 10.8. The third-order valence-corrected chi connectivity index (χ3v) is 5.61. The van der Waals surface area contributed by atoms with Crippen molar-refractivity contribution in [2.45, 2.75) is 39.1 Å². The molecule has 0 saturated carbocycles. The number of hydrogen-bond donors (Lipinski definition) is 2. The van der Waals surface area contributed by atoms with Gasteiger partial charge in [0.05, 0.1) is 31.9 Å². The summed E-state index contributed by atoms with van der Waals surface area (Å²) in [5.74, 6) is 2.06. The van der Waals surface area contributed by atoms with Crippen LogP contribution in [0, 0.1) is 0 Å². The van der Waals surface area contributed by atoms with E-state index in [0.717, 1.165) is 30.6 Å². The summed E-state index contributed by atoms with van der Waals surface area (Å²) in [5.41, 5.74) is 9.30. The number of rotatable bonds is 7. The largest absolute Gasteiger partial charge is 0.493 e. The summed E-state index contributed by atoms with van der Waals surface area (Å²) in [6.07, 6.45) is 0.551. The molecule has 2 unspecified atom stereocenters. The van der Waals surface area contributed by atoms with E-state index >= 15 is 0 Å².